The molecule has 5 heteroatoms. The zero-order valence-corrected chi connectivity index (χ0v) is 15.2. The van der Waals surface area contributed by atoms with Crippen LogP contribution in [0.25, 0.3) is 11.4 Å². The molecule has 0 saturated carbocycles. The van der Waals surface area contributed by atoms with Crippen LogP contribution in [-0.4, -0.2) is 29.0 Å². The Balaban J connectivity index is 1.66. The zero-order chi connectivity index (χ0) is 17.9. The molecular weight excluding hydrogens is 322 g/mol. The molecule has 0 atom stereocenters. The third-order valence-electron chi connectivity index (χ3n) is 4.70. The lowest BCUT2D eigenvalue weighted by molar-refractivity contribution is 0.899. The lowest BCUT2D eigenvalue weighted by Crippen LogP contribution is -2.15. The molecule has 0 spiro atoms. The summed E-state index contributed by atoms with van der Waals surface area (Å²) in [7, 11) is 4.03. The lowest BCUT2D eigenvalue weighted by Gasteiger charge is -2.17. The summed E-state index contributed by atoms with van der Waals surface area (Å²) in [6.07, 6.45) is 5.05. The second-order valence-electron chi connectivity index (χ2n) is 6.77. The first-order chi connectivity index (χ1) is 12.7. The van der Waals surface area contributed by atoms with Gasteiger partial charge in [0.15, 0.2) is 5.82 Å². The van der Waals surface area contributed by atoms with Crippen LogP contribution >= 0.6 is 0 Å². The first-order valence-corrected chi connectivity index (χ1v) is 9.02. The minimum absolute atomic E-state index is 0.693. The predicted octanol–water partition coefficient (Wildman–Crippen LogP) is 3.71. The predicted molar refractivity (Wildman–Crippen MR) is 105 cm³/mol. The minimum atomic E-state index is 0.693. The number of hydrogen-bond donors (Lipinski definition) is 1. The summed E-state index contributed by atoms with van der Waals surface area (Å²) < 4.78 is 0. The summed E-state index contributed by atoms with van der Waals surface area (Å²) in [6, 6.07) is 14.3. The molecule has 132 valence electrons. The van der Waals surface area contributed by atoms with Crippen LogP contribution < -0.4 is 10.2 Å². The Bertz CT molecular complexity index is 906. The Labute approximate surface area is 154 Å². The van der Waals surface area contributed by atoms with Crippen LogP contribution in [0.15, 0.2) is 48.7 Å². The third-order valence-corrected chi connectivity index (χ3v) is 4.70. The summed E-state index contributed by atoms with van der Waals surface area (Å²) in [5, 5.41) is 3.55. The number of fused-ring (bicyclic) bond motifs is 1. The van der Waals surface area contributed by atoms with Crippen molar-refractivity contribution >= 4 is 11.6 Å². The van der Waals surface area contributed by atoms with E-state index in [1.165, 1.54) is 11.3 Å². The standard InChI is InChI=1S/C21H23N5/c1-26(2)21-16(10-7-13-22-21)14-23-20-17-11-6-12-18(17)24-19(25-20)15-8-4-3-5-9-15/h3-5,7-10,13H,6,11-12,14H2,1-2H3,(H,23,24,25). The van der Waals surface area contributed by atoms with Crippen LogP contribution in [0.1, 0.15) is 23.2 Å². The number of nitrogens with zero attached hydrogens (tertiary/aromatic N) is 4. The molecular formula is C21H23N5. The number of aromatic nitrogens is 3. The molecule has 2 heterocycles. The van der Waals surface area contributed by atoms with Gasteiger partial charge in [0.2, 0.25) is 0 Å². The Morgan fingerprint density at radius 1 is 1.00 bits per heavy atom. The normalized spacial score (nSPS) is 12.7. The van der Waals surface area contributed by atoms with Gasteiger partial charge in [0, 0.05) is 49.2 Å². The molecule has 0 radical (unpaired) electrons. The minimum Gasteiger partial charge on any atom is -0.365 e. The van der Waals surface area contributed by atoms with Crippen LogP contribution in [0.4, 0.5) is 11.6 Å². The molecule has 4 rings (SSSR count). The summed E-state index contributed by atoms with van der Waals surface area (Å²) in [5.41, 5.74) is 4.66. The summed E-state index contributed by atoms with van der Waals surface area (Å²) >= 11 is 0. The summed E-state index contributed by atoms with van der Waals surface area (Å²) in [4.78, 5) is 16.2. The van der Waals surface area contributed by atoms with Gasteiger partial charge in [-0.15, -0.1) is 0 Å². The van der Waals surface area contributed by atoms with Gasteiger partial charge in [0.25, 0.3) is 0 Å². The fourth-order valence-electron chi connectivity index (χ4n) is 3.44. The largest absolute Gasteiger partial charge is 0.365 e. The molecule has 5 nitrogen and oxygen atoms in total. The molecule has 1 N–H and O–H groups in total. The van der Waals surface area contributed by atoms with Crippen LogP contribution in [-0.2, 0) is 19.4 Å². The van der Waals surface area contributed by atoms with Gasteiger partial charge in [0.05, 0.1) is 0 Å². The molecule has 1 aliphatic carbocycles. The fourth-order valence-corrected chi connectivity index (χ4v) is 3.44. The molecule has 26 heavy (non-hydrogen) atoms. The highest BCUT2D eigenvalue weighted by molar-refractivity contribution is 5.61. The molecule has 0 fully saturated rings. The highest BCUT2D eigenvalue weighted by atomic mass is 15.1. The van der Waals surface area contributed by atoms with E-state index in [4.69, 9.17) is 9.97 Å². The van der Waals surface area contributed by atoms with Gasteiger partial charge in [-0.2, -0.15) is 0 Å². The van der Waals surface area contributed by atoms with Crippen LogP contribution in [0.3, 0.4) is 0 Å². The van der Waals surface area contributed by atoms with Crippen molar-refractivity contribution in [1.29, 1.82) is 0 Å². The average Bonchev–Trinajstić information content (AvgIpc) is 3.15. The Kier molecular flexibility index (Phi) is 4.52. The SMILES string of the molecule is CN(C)c1ncccc1CNc1nc(-c2ccccc2)nc2c1CCC2. The number of pyridine rings is 1. The van der Waals surface area contributed by atoms with Gasteiger partial charge in [-0.1, -0.05) is 36.4 Å². The lowest BCUT2D eigenvalue weighted by atomic mass is 10.1. The number of anilines is 2. The van der Waals surface area contributed by atoms with E-state index in [9.17, 15) is 0 Å². The molecule has 0 unspecified atom stereocenters. The van der Waals surface area contributed by atoms with Crippen molar-refractivity contribution in [3.05, 3.63) is 65.5 Å². The van der Waals surface area contributed by atoms with Crippen LogP contribution in [0, 0.1) is 0 Å². The van der Waals surface area contributed by atoms with E-state index in [-0.39, 0.29) is 0 Å². The van der Waals surface area contributed by atoms with Gasteiger partial charge in [-0.25, -0.2) is 15.0 Å². The summed E-state index contributed by atoms with van der Waals surface area (Å²) in [5.74, 6) is 2.74. The molecule has 0 saturated heterocycles. The highest BCUT2D eigenvalue weighted by Crippen LogP contribution is 2.29. The van der Waals surface area contributed by atoms with Gasteiger partial charge in [-0.05, 0) is 25.3 Å². The van der Waals surface area contributed by atoms with E-state index in [0.29, 0.717) is 6.54 Å². The first kappa shape index (κ1) is 16.5. The molecule has 3 aromatic rings. The maximum absolute atomic E-state index is 4.85. The monoisotopic (exact) mass is 345 g/mol. The molecule has 2 aromatic heterocycles. The second kappa shape index (κ2) is 7.12. The van der Waals surface area contributed by atoms with E-state index >= 15 is 0 Å². The Morgan fingerprint density at radius 3 is 2.65 bits per heavy atom. The first-order valence-electron chi connectivity index (χ1n) is 9.02. The van der Waals surface area contributed by atoms with Crippen molar-refractivity contribution < 1.29 is 0 Å². The Hall–Kier alpha value is -2.95. The van der Waals surface area contributed by atoms with Gasteiger partial charge >= 0.3 is 0 Å². The number of benzene rings is 1. The molecule has 0 bridgehead atoms. The van der Waals surface area contributed by atoms with Crippen molar-refractivity contribution in [2.24, 2.45) is 0 Å². The van der Waals surface area contributed by atoms with E-state index < -0.39 is 0 Å². The number of nitrogens with one attached hydrogen (secondary N) is 1. The summed E-state index contributed by atoms with van der Waals surface area (Å²) in [6.45, 7) is 0.693. The third kappa shape index (κ3) is 3.25. The zero-order valence-electron chi connectivity index (χ0n) is 15.2. The van der Waals surface area contributed by atoms with Crippen molar-refractivity contribution in [2.45, 2.75) is 25.8 Å². The molecule has 0 amide bonds. The number of rotatable bonds is 5. The smallest absolute Gasteiger partial charge is 0.161 e. The number of hydrogen-bond acceptors (Lipinski definition) is 5. The number of aryl methyl sites for hydroxylation is 1. The van der Waals surface area contributed by atoms with Crippen molar-refractivity contribution in [1.82, 2.24) is 15.0 Å². The fraction of sp³-hybridized carbons (Fsp3) is 0.286. The van der Waals surface area contributed by atoms with E-state index in [0.717, 1.165) is 47.8 Å². The van der Waals surface area contributed by atoms with Crippen molar-refractivity contribution in [3.8, 4) is 11.4 Å². The average molecular weight is 345 g/mol. The Morgan fingerprint density at radius 2 is 1.85 bits per heavy atom. The van der Waals surface area contributed by atoms with E-state index in [1.54, 1.807) is 0 Å². The topological polar surface area (TPSA) is 53.9 Å². The highest BCUT2D eigenvalue weighted by Gasteiger charge is 2.20. The van der Waals surface area contributed by atoms with Gasteiger partial charge in [-0.3, -0.25) is 0 Å². The molecule has 1 aromatic carbocycles. The molecule has 1 aliphatic rings. The van der Waals surface area contributed by atoms with Gasteiger partial charge in [0.1, 0.15) is 11.6 Å². The quantitative estimate of drug-likeness (QED) is 0.764. The van der Waals surface area contributed by atoms with Crippen molar-refractivity contribution in [2.75, 3.05) is 24.3 Å². The maximum atomic E-state index is 4.85. The van der Waals surface area contributed by atoms with Crippen LogP contribution in [0.5, 0.6) is 0 Å². The van der Waals surface area contributed by atoms with Gasteiger partial charge < -0.3 is 10.2 Å². The van der Waals surface area contributed by atoms with Crippen molar-refractivity contribution in [3.63, 3.8) is 0 Å². The second-order valence-corrected chi connectivity index (χ2v) is 6.77. The maximum Gasteiger partial charge on any atom is 0.161 e. The van der Waals surface area contributed by atoms with E-state index in [2.05, 4.69) is 28.5 Å². The molecule has 0 aliphatic heterocycles. The van der Waals surface area contributed by atoms with Crippen LogP contribution in [0.2, 0.25) is 0 Å². The van der Waals surface area contributed by atoms with E-state index in [1.807, 2.05) is 49.5 Å².